The van der Waals surface area contributed by atoms with Gasteiger partial charge >= 0.3 is 6.09 Å². The molecule has 5 N–H and O–H groups in total. The smallest absolute Gasteiger partial charge is 0.370 e. The fourth-order valence-electron chi connectivity index (χ4n) is 2.86. The second kappa shape index (κ2) is 8.99. The second-order valence-corrected chi connectivity index (χ2v) is 6.67. The number of guanidine groups is 1. The standard InChI is InChI=1S/C19H20N6O5/c20-18(21)23-10-14(26)7-12-6-13-5-11(1-2-15(13)22-9-12)8-24-19(29)30-25-16(27)3-4-17(25)28/h1-2,5-6,9H,3-4,7-8,10H2,(H,24,29)(H4,20,21,23). The van der Waals surface area contributed by atoms with Crippen molar-refractivity contribution in [1.29, 1.82) is 5.41 Å². The highest BCUT2D eigenvalue weighted by atomic mass is 16.7. The van der Waals surface area contributed by atoms with E-state index in [1.807, 2.05) is 6.07 Å². The first-order valence-corrected chi connectivity index (χ1v) is 9.10. The highest BCUT2D eigenvalue weighted by Crippen LogP contribution is 2.17. The molecule has 1 aliphatic heterocycles. The lowest BCUT2D eigenvalue weighted by atomic mass is 10.1. The lowest BCUT2D eigenvalue weighted by Gasteiger charge is -2.13. The summed E-state index contributed by atoms with van der Waals surface area (Å²) in [5, 5.41) is 13.3. The van der Waals surface area contributed by atoms with Gasteiger partial charge in [0.25, 0.3) is 11.8 Å². The Morgan fingerprint density at radius 3 is 2.53 bits per heavy atom. The van der Waals surface area contributed by atoms with Crippen LogP contribution in [-0.4, -0.2) is 46.2 Å². The number of nitrogens with two attached hydrogens (primary N) is 1. The molecule has 1 saturated heterocycles. The monoisotopic (exact) mass is 412 g/mol. The predicted molar refractivity (Wildman–Crippen MR) is 105 cm³/mol. The molecule has 1 aromatic carbocycles. The summed E-state index contributed by atoms with van der Waals surface area (Å²) >= 11 is 0. The number of hydroxylamine groups is 2. The molecule has 11 heteroatoms. The summed E-state index contributed by atoms with van der Waals surface area (Å²) in [7, 11) is 0. The maximum atomic E-state index is 11.9. The van der Waals surface area contributed by atoms with Crippen LogP contribution >= 0.6 is 0 Å². The zero-order valence-corrected chi connectivity index (χ0v) is 15.9. The Morgan fingerprint density at radius 1 is 1.13 bits per heavy atom. The summed E-state index contributed by atoms with van der Waals surface area (Å²) in [6.07, 6.45) is 0.886. The van der Waals surface area contributed by atoms with E-state index in [0.717, 1.165) is 10.9 Å². The topological polar surface area (TPSA) is 168 Å². The van der Waals surface area contributed by atoms with Crippen LogP contribution in [0.5, 0.6) is 0 Å². The van der Waals surface area contributed by atoms with Crippen molar-refractivity contribution in [2.75, 3.05) is 6.54 Å². The van der Waals surface area contributed by atoms with Crippen molar-refractivity contribution in [3.8, 4) is 0 Å². The van der Waals surface area contributed by atoms with E-state index in [2.05, 4.69) is 15.6 Å². The number of carbonyl (C=O) groups excluding carboxylic acids is 4. The summed E-state index contributed by atoms with van der Waals surface area (Å²) in [6.45, 7) is 0.0676. The molecule has 1 aromatic heterocycles. The molecule has 156 valence electrons. The third-order valence-corrected chi connectivity index (χ3v) is 4.30. The number of pyridine rings is 1. The molecule has 0 spiro atoms. The van der Waals surface area contributed by atoms with E-state index in [0.29, 0.717) is 16.1 Å². The van der Waals surface area contributed by atoms with Crippen molar-refractivity contribution in [1.82, 2.24) is 20.7 Å². The Kier molecular flexibility index (Phi) is 6.20. The number of hydrogen-bond donors (Lipinski definition) is 4. The van der Waals surface area contributed by atoms with Gasteiger partial charge in [-0.2, -0.15) is 0 Å². The normalized spacial score (nSPS) is 13.4. The van der Waals surface area contributed by atoms with Gasteiger partial charge in [-0.3, -0.25) is 24.8 Å². The maximum absolute atomic E-state index is 11.9. The van der Waals surface area contributed by atoms with Crippen molar-refractivity contribution in [2.24, 2.45) is 5.73 Å². The van der Waals surface area contributed by atoms with Gasteiger partial charge in [0, 0.05) is 37.4 Å². The Bertz CT molecular complexity index is 1020. The lowest BCUT2D eigenvalue weighted by molar-refractivity contribution is -0.171. The molecule has 0 saturated carbocycles. The summed E-state index contributed by atoms with van der Waals surface area (Å²) in [6, 6.07) is 7.16. The number of fused-ring (bicyclic) bond motifs is 1. The number of imide groups is 1. The fraction of sp³-hybridized carbons (Fsp3) is 0.263. The third kappa shape index (κ3) is 5.28. The molecule has 1 aliphatic rings. The minimum absolute atomic E-state index is 0.0272. The molecule has 0 aliphatic carbocycles. The van der Waals surface area contributed by atoms with Crippen LogP contribution in [0.15, 0.2) is 30.5 Å². The predicted octanol–water partition coefficient (Wildman–Crippen LogP) is 0.120. The summed E-state index contributed by atoms with van der Waals surface area (Å²) in [5.74, 6) is -1.51. The molecular weight excluding hydrogens is 392 g/mol. The molecule has 0 atom stereocenters. The Morgan fingerprint density at radius 2 is 1.83 bits per heavy atom. The fourth-order valence-corrected chi connectivity index (χ4v) is 2.86. The average molecular weight is 412 g/mol. The van der Waals surface area contributed by atoms with Crippen LogP contribution in [0.3, 0.4) is 0 Å². The number of Topliss-reactive ketones (excluding diaryl/α,β-unsaturated/α-hetero) is 1. The highest BCUT2D eigenvalue weighted by molar-refractivity contribution is 6.01. The van der Waals surface area contributed by atoms with Crippen LogP contribution in [0.25, 0.3) is 10.9 Å². The zero-order valence-electron chi connectivity index (χ0n) is 15.9. The molecule has 2 heterocycles. The van der Waals surface area contributed by atoms with E-state index in [9.17, 15) is 19.2 Å². The SMILES string of the molecule is N=C(N)NCC(=O)Cc1cnc2ccc(CNC(=O)ON3C(=O)CCC3=O)cc2c1. The highest BCUT2D eigenvalue weighted by Gasteiger charge is 2.32. The number of carbonyl (C=O) groups is 4. The molecule has 0 radical (unpaired) electrons. The number of benzene rings is 1. The Balaban J connectivity index is 1.60. The minimum Gasteiger partial charge on any atom is -0.370 e. The molecular formula is C19H20N6O5. The van der Waals surface area contributed by atoms with Crippen molar-refractivity contribution in [3.05, 3.63) is 41.6 Å². The van der Waals surface area contributed by atoms with Gasteiger partial charge < -0.3 is 21.2 Å². The molecule has 30 heavy (non-hydrogen) atoms. The first-order chi connectivity index (χ1) is 14.3. The van der Waals surface area contributed by atoms with E-state index >= 15 is 0 Å². The van der Waals surface area contributed by atoms with Crippen molar-refractivity contribution in [2.45, 2.75) is 25.8 Å². The van der Waals surface area contributed by atoms with Crippen LogP contribution < -0.4 is 16.4 Å². The van der Waals surface area contributed by atoms with Gasteiger partial charge in [-0.05, 0) is 29.3 Å². The summed E-state index contributed by atoms with van der Waals surface area (Å²) in [4.78, 5) is 55.8. The maximum Gasteiger partial charge on any atom is 0.432 e. The van der Waals surface area contributed by atoms with Gasteiger partial charge in [0.2, 0.25) is 0 Å². The van der Waals surface area contributed by atoms with Gasteiger partial charge in [0.15, 0.2) is 11.7 Å². The van der Waals surface area contributed by atoms with E-state index in [-0.39, 0.29) is 44.1 Å². The Labute approximate surface area is 171 Å². The first kappa shape index (κ1) is 20.7. The molecule has 3 amide bonds. The largest absolute Gasteiger partial charge is 0.432 e. The van der Waals surface area contributed by atoms with E-state index < -0.39 is 17.9 Å². The van der Waals surface area contributed by atoms with Crippen LogP contribution in [0, 0.1) is 5.41 Å². The number of hydrogen-bond acceptors (Lipinski definition) is 7. The molecule has 0 unspecified atom stereocenters. The van der Waals surface area contributed by atoms with Crippen LogP contribution in [0.1, 0.15) is 24.0 Å². The van der Waals surface area contributed by atoms with Crippen LogP contribution in [0.2, 0.25) is 0 Å². The lowest BCUT2D eigenvalue weighted by Crippen LogP contribution is -2.36. The third-order valence-electron chi connectivity index (χ3n) is 4.30. The number of rotatable bonds is 7. The van der Waals surface area contributed by atoms with Crippen molar-refractivity contribution < 1.29 is 24.0 Å². The molecule has 1 fully saturated rings. The molecule has 11 nitrogen and oxygen atoms in total. The molecule has 3 rings (SSSR count). The summed E-state index contributed by atoms with van der Waals surface area (Å²) < 4.78 is 0. The van der Waals surface area contributed by atoms with Crippen LogP contribution in [0.4, 0.5) is 4.79 Å². The molecule has 0 bridgehead atoms. The number of nitrogens with one attached hydrogen (secondary N) is 3. The van der Waals surface area contributed by atoms with Gasteiger partial charge in [-0.1, -0.05) is 6.07 Å². The van der Waals surface area contributed by atoms with Gasteiger partial charge in [-0.15, -0.1) is 5.06 Å². The van der Waals surface area contributed by atoms with Gasteiger partial charge in [-0.25, -0.2) is 4.79 Å². The van der Waals surface area contributed by atoms with E-state index in [1.165, 1.54) is 0 Å². The quantitative estimate of drug-likeness (QED) is 0.282. The van der Waals surface area contributed by atoms with Crippen LogP contribution in [-0.2, 0) is 32.2 Å². The zero-order chi connectivity index (χ0) is 21.7. The van der Waals surface area contributed by atoms with E-state index in [1.54, 1.807) is 24.4 Å². The number of amides is 3. The first-order valence-electron chi connectivity index (χ1n) is 9.10. The van der Waals surface area contributed by atoms with Crippen molar-refractivity contribution >= 4 is 40.6 Å². The van der Waals surface area contributed by atoms with Gasteiger partial charge in [0.1, 0.15) is 0 Å². The minimum atomic E-state index is -0.908. The van der Waals surface area contributed by atoms with E-state index in [4.69, 9.17) is 16.0 Å². The summed E-state index contributed by atoms with van der Waals surface area (Å²) in [5.41, 5.74) is 7.32. The van der Waals surface area contributed by atoms with Gasteiger partial charge in [0.05, 0.1) is 12.1 Å². The second-order valence-electron chi connectivity index (χ2n) is 6.67. The number of nitrogens with zero attached hydrogens (tertiary/aromatic N) is 2. The Hall–Kier alpha value is -4.02. The number of aromatic nitrogens is 1. The molecule has 2 aromatic rings. The number of ketones is 1. The van der Waals surface area contributed by atoms with Crippen molar-refractivity contribution in [3.63, 3.8) is 0 Å². The average Bonchev–Trinajstić information content (AvgIpc) is 3.02.